The lowest BCUT2D eigenvalue weighted by molar-refractivity contribution is 0.339. The van der Waals surface area contributed by atoms with Crippen LogP contribution in [0, 0.1) is 0 Å². The Kier molecular flexibility index (Phi) is 4.11. The maximum Gasteiger partial charge on any atom is 0.0145 e. The molecule has 0 amide bonds. The fourth-order valence-corrected chi connectivity index (χ4v) is 3.57. The van der Waals surface area contributed by atoms with Gasteiger partial charge in [0.25, 0.3) is 0 Å². The molecule has 116 valence electrons. The van der Waals surface area contributed by atoms with Gasteiger partial charge in [0.2, 0.25) is 0 Å². The van der Waals surface area contributed by atoms with Crippen LogP contribution < -0.4 is 11.1 Å². The van der Waals surface area contributed by atoms with Crippen molar-refractivity contribution in [1.29, 1.82) is 0 Å². The number of rotatable bonds is 3. The zero-order valence-electron chi connectivity index (χ0n) is 13.7. The first-order valence-corrected chi connectivity index (χ1v) is 8.55. The molecule has 3 N–H and O–H groups in total. The lowest BCUT2D eigenvalue weighted by Gasteiger charge is -2.27. The first-order chi connectivity index (χ1) is 9.93. The maximum absolute atomic E-state index is 5.98. The van der Waals surface area contributed by atoms with Gasteiger partial charge in [0.05, 0.1) is 0 Å². The summed E-state index contributed by atoms with van der Waals surface area (Å²) in [4.78, 5) is 0. The summed E-state index contributed by atoms with van der Waals surface area (Å²) in [5, 5.41) is 3.85. The highest BCUT2D eigenvalue weighted by atomic mass is 15.0. The molecule has 0 saturated heterocycles. The van der Waals surface area contributed by atoms with E-state index in [0.717, 1.165) is 5.92 Å². The lowest BCUT2D eigenvalue weighted by Crippen LogP contribution is -2.38. The number of hydrogen-bond acceptors (Lipinski definition) is 2. The van der Waals surface area contributed by atoms with Crippen molar-refractivity contribution in [2.24, 2.45) is 5.73 Å². The summed E-state index contributed by atoms with van der Waals surface area (Å²) in [6.45, 7) is 6.83. The Labute approximate surface area is 129 Å². The van der Waals surface area contributed by atoms with Crippen molar-refractivity contribution in [2.75, 3.05) is 0 Å². The number of benzene rings is 1. The summed E-state index contributed by atoms with van der Waals surface area (Å²) < 4.78 is 0. The molecule has 2 aliphatic carbocycles. The molecule has 2 aliphatic rings. The van der Waals surface area contributed by atoms with E-state index in [0.29, 0.717) is 18.1 Å². The molecular formula is C19H30N2. The fourth-order valence-electron chi connectivity index (χ4n) is 3.57. The highest BCUT2D eigenvalue weighted by Crippen LogP contribution is 2.42. The van der Waals surface area contributed by atoms with E-state index >= 15 is 0 Å². The van der Waals surface area contributed by atoms with Gasteiger partial charge in [-0.2, -0.15) is 0 Å². The van der Waals surface area contributed by atoms with Crippen molar-refractivity contribution in [2.45, 2.75) is 82.3 Å². The van der Waals surface area contributed by atoms with Gasteiger partial charge < -0.3 is 11.1 Å². The Morgan fingerprint density at radius 3 is 2.19 bits per heavy atom. The van der Waals surface area contributed by atoms with Crippen LogP contribution in [-0.2, 0) is 5.41 Å². The zero-order valence-corrected chi connectivity index (χ0v) is 13.7. The minimum Gasteiger partial charge on any atom is -0.328 e. The fraction of sp³-hybridized carbons (Fsp3) is 0.684. The molecule has 1 aromatic carbocycles. The van der Waals surface area contributed by atoms with Crippen molar-refractivity contribution in [1.82, 2.24) is 5.32 Å². The highest BCUT2D eigenvalue weighted by Gasteiger charge is 2.39. The molecule has 0 aromatic heterocycles. The van der Waals surface area contributed by atoms with Crippen LogP contribution in [0.4, 0.5) is 0 Å². The summed E-state index contributed by atoms with van der Waals surface area (Å²) in [5.74, 6) is 0.731. The van der Waals surface area contributed by atoms with Crippen molar-refractivity contribution >= 4 is 0 Å². The van der Waals surface area contributed by atoms with Crippen molar-refractivity contribution in [3.8, 4) is 0 Å². The molecule has 2 fully saturated rings. The summed E-state index contributed by atoms with van der Waals surface area (Å²) in [6.07, 6.45) is 6.20. The molecule has 0 unspecified atom stereocenters. The van der Waals surface area contributed by atoms with Gasteiger partial charge in [0.1, 0.15) is 0 Å². The number of nitrogens with one attached hydrogen (secondary N) is 1. The van der Waals surface area contributed by atoms with Crippen LogP contribution in [0.1, 0.15) is 69.9 Å². The molecule has 21 heavy (non-hydrogen) atoms. The molecule has 0 heterocycles. The third kappa shape index (κ3) is 3.67. The second kappa shape index (κ2) is 5.73. The average Bonchev–Trinajstić information content (AvgIpc) is 3.20. The number of hydrogen-bond donors (Lipinski definition) is 2. The van der Waals surface area contributed by atoms with Crippen LogP contribution in [0.2, 0.25) is 0 Å². The van der Waals surface area contributed by atoms with Crippen LogP contribution in [0.3, 0.4) is 0 Å². The minimum absolute atomic E-state index is 0.251. The molecular weight excluding hydrogens is 256 g/mol. The van der Waals surface area contributed by atoms with Gasteiger partial charge in [0, 0.05) is 24.0 Å². The third-order valence-corrected chi connectivity index (χ3v) is 5.22. The van der Waals surface area contributed by atoms with Crippen LogP contribution >= 0.6 is 0 Å². The maximum atomic E-state index is 5.98. The molecule has 2 atom stereocenters. The van der Waals surface area contributed by atoms with Gasteiger partial charge >= 0.3 is 0 Å². The second-order valence-corrected chi connectivity index (χ2v) is 8.10. The summed E-state index contributed by atoms with van der Waals surface area (Å²) in [7, 11) is 0. The van der Waals surface area contributed by atoms with E-state index in [9.17, 15) is 0 Å². The predicted octanol–water partition coefficient (Wildman–Crippen LogP) is 3.70. The van der Waals surface area contributed by atoms with Gasteiger partial charge in [0.15, 0.2) is 0 Å². The molecule has 0 bridgehead atoms. The normalized spacial score (nSPS) is 33.0. The SMILES string of the molecule is CC(C)(C)c1ccc([C@@H]2C[C@H]2NC2CCC(N)CC2)cc1. The van der Waals surface area contributed by atoms with E-state index in [2.05, 4.69) is 50.4 Å². The first kappa shape index (κ1) is 15.1. The van der Waals surface area contributed by atoms with E-state index in [1.54, 1.807) is 0 Å². The zero-order chi connectivity index (χ0) is 15.0. The van der Waals surface area contributed by atoms with Crippen molar-refractivity contribution in [3.05, 3.63) is 35.4 Å². The van der Waals surface area contributed by atoms with Crippen LogP contribution in [-0.4, -0.2) is 18.1 Å². The molecule has 0 radical (unpaired) electrons. The molecule has 0 spiro atoms. The van der Waals surface area contributed by atoms with Gasteiger partial charge in [-0.3, -0.25) is 0 Å². The van der Waals surface area contributed by atoms with Crippen molar-refractivity contribution < 1.29 is 0 Å². The molecule has 2 nitrogen and oxygen atoms in total. The van der Waals surface area contributed by atoms with E-state index in [1.807, 2.05) is 0 Å². The van der Waals surface area contributed by atoms with Crippen LogP contribution in [0.25, 0.3) is 0 Å². The Morgan fingerprint density at radius 2 is 1.62 bits per heavy atom. The Balaban J connectivity index is 1.53. The topological polar surface area (TPSA) is 38.0 Å². The molecule has 1 aromatic rings. The van der Waals surface area contributed by atoms with E-state index in [-0.39, 0.29) is 5.41 Å². The first-order valence-electron chi connectivity index (χ1n) is 8.55. The van der Waals surface area contributed by atoms with E-state index in [4.69, 9.17) is 5.73 Å². The summed E-state index contributed by atoms with van der Waals surface area (Å²) in [6, 6.07) is 11.1. The van der Waals surface area contributed by atoms with Crippen molar-refractivity contribution in [3.63, 3.8) is 0 Å². The Bertz CT molecular complexity index is 463. The van der Waals surface area contributed by atoms with E-state index < -0.39 is 0 Å². The summed E-state index contributed by atoms with van der Waals surface area (Å²) in [5.41, 5.74) is 9.17. The monoisotopic (exact) mass is 286 g/mol. The lowest BCUT2D eigenvalue weighted by atomic mass is 9.86. The highest BCUT2D eigenvalue weighted by molar-refractivity contribution is 5.33. The average molecular weight is 286 g/mol. The minimum atomic E-state index is 0.251. The third-order valence-electron chi connectivity index (χ3n) is 5.22. The van der Waals surface area contributed by atoms with Gasteiger partial charge in [-0.05, 0) is 48.6 Å². The molecule has 2 heteroatoms. The molecule has 3 rings (SSSR count). The van der Waals surface area contributed by atoms with Gasteiger partial charge in [-0.1, -0.05) is 45.0 Å². The van der Waals surface area contributed by atoms with E-state index in [1.165, 1.54) is 43.2 Å². The Morgan fingerprint density at radius 1 is 1.00 bits per heavy atom. The smallest absolute Gasteiger partial charge is 0.0145 e. The number of nitrogens with two attached hydrogens (primary N) is 1. The standard InChI is InChI=1S/C19H30N2/c1-19(2,3)14-6-4-13(5-7-14)17-12-18(17)21-16-10-8-15(20)9-11-16/h4-7,15-18,21H,8-12,20H2,1-3H3/t15?,16?,17-,18+/m0/s1. The Hall–Kier alpha value is -0.860. The predicted molar refractivity (Wildman–Crippen MR) is 89.7 cm³/mol. The van der Waals surface area contributed by atoms with Gasteiger partial charge in [-0.25, -0.2) is 0 Å². The molecule has 2 saturated carbocycles. The van der Waals surface area contributed by atoms with Crippen LogP contribution in [0.15, 0.2) is 24.3 Å². The van der Waals surface area contributed by atoms with Gasteiger partial charge in [-0.15, -0.1) is 0 Å². The summed E-state index contributed by atoms with van der Waals surface area (Å²) >= 11 is 0. The second-order valence-electron chi connectivity index (χ2n) is 8.10. The largest absolute Gasteiger partial charge is 0.328 e. The van der Waals surface area contributed by atoms with Crippen LogP contribution in [0.5, 0.6) is 0 Å². The molecule has 0 aliphatic heterocycles. The quantitative estimate of drug-likeness (QED) is 0.889.